The van der Waals surface area contributed by atoms with Crippen LogP contribution in [0.15, 0.2) is 46.1 Å². The molecule has 1 heterocycles. The van der Waals surface area contributed by atoms with Gasteiger partial charge in [0.05, 0.1) is 13.7 Å². The van der Waals surface area contributed by atoms with E-state index in [1.807, 2.05) is 24.3 Å². The average Bonchev–Trinajstić information content (AvgIpc) is 3.06. The Hall–Kier alpha value is -1.27. The number of rotatable bonds is 12. The van der Waals surface area contributed by atoms with E-state index < -0.39 is 18.4 Å². The topological polar surface area (TPSA) is 44.8 Å². The van der Waals surface area contributed by atoms with Gasteiger partial charge in [0.15, 0.2) is 0 Å². The van der Waals surface area contributed by atoms with Crippen LogP contribution in [0.2, 0.25) is 14.8 Å². The van der Waals surface area contributed by atoms with E-state index in [4.69, 9.17) is 14.2 Å². The van der Waals surface area contributed by atoms with Gasteiger partial charge < -0.3 is 4.74 Å². The Morgan fingerprint density at radius 1 is 1.29 bits per heavy atom. The summed E-state index contributed by atoms with van der Waals surface area (Å²) in [4.78, 5) is 19.3. The molecule has 0 spiro atoms. The van der Waals surface area contributed by atoms with Gasteiger partial charge in [-0.05, 0) is 17.7 Å². The molecule has 1 aromatic carbocycles. The van der Waals surface area contributed by atoms with Crippen LogP contribution in [0, 0.1) is 11.8 Å². The first-order valence-electron chi connectivity index (χ1n) is 11.4. The van der Waals surface area contributed by atoms with Crippen LogP contribution in [0.1, 0.15) is 45.1 Å². The van der Waals surface area contributed by atoms with Crippen LogP contribution < -0.4 is 4.74 Å². The van der Waals surface area contributed by atoms with Gasteiger partial charge in [0.1, 0.15) is 5.75 Å². The summed E-state index contributed by atoms with van der Waals surface area (Å²) in [6.45, 7) is 9.87. The number of carbonyl (C=O) groups excluding carboxylic acids is 1. The van der Waals surface area contributed by atoms with Gasteiger partial charge in [-0.15, -0.1) is 0 Å². The van der Waals surface area contributed by atoms with Gasteiger partial charge in [-0.2, -0.15) is 0 Å². The second kappa shape index (κ2) is 12.1. The summed E-state index contributed by atoms with van der Waals surface area (Å²) in [5, 5.41) is 0. The molecule has 31 heavy (non-hydrogen) atoms. The molecule has 1 aliphatic heterocycles. The fourth-order valence-corrected chi connectivity index (χ4v) is 7.55. The second-order valence-electron chi connectivity index (χ2n) is 9.93. The number of esters is 1. The Labute approximate surface area is 192 Å². The number of allylic oxidation sites excluding steroid dienone is 1. The van der Waals surface area contributed by atoms with E-state index in [9.17, 15) is 4.79 Å². The van der Waals surface area contributed by atoms with Crippen molar-refractivity contribution in [3.63, 3.8) is 0 Å². The fourth-order valence-electron chi connectivity index (χ4n) is 3.90. The number of cyclic esters (lactones) is 1. The van der Waals surface area contributed by atoms with Crippen LogP contribution in [-0.4, -0.2) is 44.2 Å². The molecule has 5 heteroatoms. The number of hydrogen-bond acceptors (Lipinski definition) is 4. The normalized spacial score (nSPS) is 20.5. The molecule has 0 aromatic heterocycles. The summed E-state index contributed by atoms with van der Waals surface area (Å²) >= 11 is -2.28. The Balaban J connectivity index is 1.67. The summed E-state index contributed by atoms with van der Waals surface area (Å²) in [6, 6.07) is 7.96. The number of methoxy groups -OCH3 is 1. The van der Waals surface area contributed by atoms with Crippen molar-refractivity contribution in [2.75, 3.05) is 13.7 Å². The maximum absolute atomic E-state index is 12.3. The van der Waals surface area contributed by atoms with Crippen molar-refractivity contribution in [3.8, 4) is 5.75 Å². The Morgan fingerprint density at radius 3 is 2.58 bits per heavy atom. The third kappa shape index (κ3) is 8.64. The molecular weight excluding hydrogens is 495 g/mol. The Bertz CT molecular complexity index is 761. The molecule has 0 unspecified atom stereocenters. The van der Waals surface area contributed by atoms with Gasteiger partial charge in [-0.25, -0.2) is 0 Å². The van der Waals surface area contributed by atoms with E-state index in [0.717, 1.165) is 37.0 Å². The predicted molar refractivity (Wildman–Crippen MR) is 130 cm³/mol. The number of benzene rings is 1. The molecule has 0 aliphatic carbocycles. The Kier molecular flexibility index (Phi) is 10.1. The zero-order chi connectivity index (χ0) is 23.0. The van der Waals surface area contributed by atoms with Crippen molar-refractivity contribution in [1.82, 2.24) is 0 Å². The van der Waals surface area contributed by atoms with Crippen LogP contribution in [0.5, 0.6) is 5.75 Å². The van der Waals surface area contributed by atoms with Gasteiger partial charge in [-0.1, -0.05) is 12.1 Å². The van der Waals surface area contributed by atoms with Gasteiger partial charge >= 0.3 is 139 Å². The molecule has 0 saturated carbocycles. The molecule has 3 atom stereocenters. The van der Waals surface area contributed by atoms with Crippen LogP contribution >= 0.6 is 0 Å². The van der Waals surface area contributed by atoms with E-state index in [1.54, 1.807) is 7.11 Å². The monoisotopic (exact) mass is 536 g/mol. The van der Waals surface area contributed by atoms with Crippen molar-refractivity contribution >= 4 is 24.3 Å². The number of ether oxygens (including phenoxy) is 3. The SMILES string of the molecule is C=[C]([C@@H]1C[C@H](C[C@H](C)CC/C=C(\C)COCc2ccc(OC)cc2)OC1=O)[Sn]([CH3])([CH3])[CH3]. The summed E-state index contributed by atoms with van der Waals surface area (Å²) < 4.78 is 17.9. The number of hydrogen-bond donors (Lipinski definition) is 0. The third-order valence-corrected chi connectivity index (χ3v) is 12.5. The van der Waals surface area contributed by atoms with E-state index in [1.165, 1.54) is 9.16 Å². The molecule has 172 valence electrons. The first-order valence-corrected chi connectivity index (χ1v) is 21.3. The maximum atomic E-state index is 12.3. The van der Waals surface area contributed by atoms with E-state index in [0.29, 0.717) is 19.1 Å². The quantitative estimate of drug-likeness (QED) is 0.178. The van der Waals surface area contributed by atoms with E-state index in [2.05, 4.69) is 41.3 Å². The molecule has 0 radical (unpaired) electrons. The molecule has 4 nitrogen and oxygen atoms in total. The predicted octanol–water partition coefficient (Wildman–Crippen LogP) is 6.33. The molecule has 1 aromatic rings. The molecule has 0 amide bonds. The average molecular weight is 535 g/mol. The van der Waals surface area contributed by atoms with Crippen LogP contribution in [0.3, 0.4) is 0 Å². The zero-order valence-corrected chi connectivity index (χ0v) is 23.1. The summed E-state index contributed by atoms with van der Waals surface area (Å²) in [6.07, 6.45) is 6.20. The molecule has 0 bridgehead atoms. The van der Waals surface area contributed by atoms with Crippen molar-refractivity contribution < 1.29 is 19.0 Å². The van der Waals surface area contributed by atoms with Gasteiger partial charge in [0.25, 0.3) is 0 Å². The third-order valence-electron chi connectivity index (χ3n) is 6.02. The molecular formula is C26H40O4Sn. The van der Waals surface area contributed by atoms with Gasteiger partial charge in [0.2, 0.25) is 0 Å². The standard InChI is InChI=1S/C23H31O4.3CH3.Sn/c1-5-20-14-22(27-23(20)24)13-17(2)7-6-8-18(3)15-26-16-19-9-11-21(25-4)12-10-19;;;;/h8-12,17,20,22H,1,6-7,13-16H2,2-4H3;3*1H3;/b18-8+;;;;/t17-,20-,22+;;;;/m1..../s1. The van der Waals surface area contributed by atoms with E-state index in [-0.39, 0.29) is 18.0 Å². The molecule has 1 fully saturated rings. The zero-order valence-electron chi connectivity index (χ0n) is 20.2. The molecule has 1 aliphatic rings. The van der Waals surface area contributed by atoms with Crippen molar-refractivity contribution in [2.24, 2.45) is 11.8 Å². The minimum absolute atomic E-state index is 0.0430. The van der Waals surface area contributed by atoms with Crippen LogP contribution in [-0.2, 0) is 20.9 Å². The first-order chi connectivity index (χ1) is 14.6. The Morgan fingerprint density at radius 2 is 1.97 bits per heavy atom. The summed E-state index contributed by atoms with van der Waals surface area (Å²) in [5.74, 6) is 1.28. The molecule has 0 N–H and O–H groups in total. The van der Waals surface area contributed by atoms with Crippen molar-refractivity contribution in [3.05, 3.63) is 51.6 Å². The van der Waals surface area contributed by atoms with Crippen LogP contribution in [0.25, 0.3) is 0 Å². The summed E-state index contributed by atoms with van der Waals surface area (Å²) in [5.41, 5.74) is 2.40. The van der Waals surface area contributed by atoms with Gasteiger partial charge in [-0.3, -0.25) is 0 Å². The number of carbonyl (C=O) groups is 1. The fraction of sp³-hybridized carbons (Fsp3) is 0.577. The first kappa shape index (κ1) is 26.0. The molecule has 2 rings (SSSR count). The van der Waals surface area contributed by atoms with Crippen molar-refractivity contribution in [1.29, 1.82) is 0 Å². The van der Waals surface area contributed by atoms with Crippen LogP contribution in [0.4, 0.5) is 0 Å². The van der Waals surface area contributed by atoms with Gasteiger partial charge in [0, 0.05) is 0 Å². The second-order valence-corrected chi connectivity index (χ2v) is 24.6. The molecule has 1 saturated heterocycles. The van der Waals surface area contributed by atoms with E-state index >= 15 is 0 Å². The minimum atomic E-state index is -2.28. The van der Waals surface area contributed by atoms with Crippen molar-refractivity contribution in [2.45, 2.75) is 67.1 Å². The summed E-state index contributed by atoms with van der Waals surface area (Å²) in [7, 11) is 1.67.